The highest BCUT2D eigenvalue weighted by atomic mass is 32.2. The molecule has 0 amide bonds. The molecule has 3 nitrogen and oxygen atoms in total. The summed E-state index contributed by atoms with van der Waals surface area (Å²) in [4.78, 5) is 11.1. The predicted octanol–water partition coefficient (Wildman–Crippen LogP) is 2.42. The third-order valence-corrected chi connectivity index (χ3v) is 1.92. The molecule has 0 aliphatic heterocycles. The van der Waals surface area contributed by atoms with Gasteiger partial charge in [-0.2, -0.15) is 11.8 Å². The van der Waals surface area contributed by atoms with E-state index in [1.54, 1.807) is 23.9 Å². The minimum absolute atomic E-state index is 0. The minimum Gasteiger partial charge on any atom is -0.465 e. The van der Waals surface area contributed by atoms with Gasteiger partial charge in [0, 0.05) is 21.1 Å². The zero-order valence-corrected chi connectivity index (χ0v) is 11.9. The molecule has 93 valence electrons. The number of rotatable bonds is 2. The summed E-state index contributed by atoms with van der Waals surface area (Å²) in [6, 6.07) is 5.41. The molecule has 0 fully saturated rings. The number of aryl methyl sites for hydroxylation is 1. The highest BCUT2D eigenvalue weighted by molar-refractivity contribution is 7.97. The van der Waals surface area contributed by atoms with Crippen molar-refractivity contribution in [1.82, 2.24) is 0 Å². The quantitative estimate of drug-likeness (QED) is 0.648. The number of carbonyl (C=O) groups excluding carboxylic acids is 1. The van der Waals surface area contributed by atoms with Crippen LogP contribution in [0.3, 0.4) is 0 Å². The maximum absolute atomic E-state index is 11.1. The number of benzene rings is 1. The summed E-state index contributed by atoms with van der Waals surface area (Å²) in [5.74, 6) is -0.300. The molecule has 0 heterocycles. The normalized spacial score (nSPS) is 8.29. The van der Waals surface area contributed by atoms with Crippen LogP contribution in [-0.2, 0) is 4.74 Å². The van der Waals surface area contributed by atoms with E-state index in [2.05, 4.69) is 10.1 Å². The number of ether oxygens (including phenoxy) is 1. The van der Waals surface area contributed by atoms with Crippen molar-refractivity contribution in [1.29, 1.82) is 0 Å². The lowest BCUT2D eigenvalue weighted by molar-refractivity contribution is 0.0600. The molecule has 17 heavy (non-hydrogen) atoms. The lowest BCUT2D eigenvalue weighted by atomic mass is 10.1. The first-order valence-corrected chi connectivity index (χ1v) is 6.50. The van der Waals surface area contributed by atoms with Gasteiger partial charge in [-0.15, -0.1) is 0 Å². The van der Waals surface area contributed by atoms with Crippen LogP contribution in [0.25, 0.3) is 0 Å². The van der Waals surface area contributed by atoms with Crippen LogP contribution in [-0.4, -0.2) is 41.1 Å². The van der Waals surface area contributed by atoms with Crippen LogP contribution in [0.4, 0.5) is 5.69 Å². The molecule has 1 aromatic rings. The summed E-state index contributed by atoms with van der Waals surface area (Å²) in [6.45, 7) is 1.94. The first kappa shape index (κ1) is 18.3. The lowest BCUT2D eigenvalue weighted by Gasteiger charge is -2.06. The Morgan fingerprint density at radius 3 is 2.24 bits per heavy atom. The zero-order chi connectivity index (χ0) is 12.6. The number of carbonyl (C=O) groups is 1. The average molecular weight is 252 g/mol. The topological polar surface area (TPSA) is 38.3 Å². The van der Waals surface area contributed by atoms with E-state index in [0.29, 0.717) is 5.56 Å². The van der Waals surface area contributed by atoms with Crippen molar-refractivity contribution in [3.05, 3.63) is 29.3 Å². The van der Waals surface area contributed by atoms with Crippen LogP contribution in [0.15, 0.2) is 18.2 Å². The van der Waals surface area contributed by atoms with Crippen LogP contribution in [0.5, 0.6) is 0 Å². The van der Waals surface area contributed by atoms with E-state index in [1.807, 2.05) is 32.5 Å². The molecule has 0 saturated heterocycles. The molecular weight excluding hydrogens is 233 g/mol. The Kier molecular flexibility index (Phi) is 10.8. The van der Waals surface area contributed by atoms with E-state index in [-0.39, 0.29) is 14.4 Å². The first-order chi connectivity index (χ1) is 7.60. The molecule has 0 aliphatic rings. The van der Waals surface area contributed by atoms with Gasteiger partial charge < -0.3 is 10.1 Å². The van der Waals surface area contributed by atoms with Gasteiger partial charge in [-0.1, -0.05) is 0 Å². The van der Waals surface area contributed by atoms with Crippen molar-refractivity contribution in [2.75, 3.05) is 32.0 Å². The maximum atomic E-state index is 11.1. The smallest absolute Gasteiger partial charge is 0.337 e. The number of hydrogen-bond acceptors (Lipinski definition) is 4. The van der Waals surface area contributed by atoms with Crippen molar-refractivity contribution in [2.45, 2.75) is 6.92 Å². The minimum atomic E-state index is -0.300. The predicted molar refractivity (Wildman–Crippen MR) is 77.3 cm³/mol. The number of methoxy groups -OCH3 is 1. The van der Waals surface area contributed by atoms with E-state index in [0.717, 1.165) is 11.3 Å². The zero-order valence-electron chi connectivity index (χ0n) is 11.0. The van der Waals surface area contributed by atoms with Crippen molar-refractivity contribution in [3.8, 4) is 0 Å². The van der Waals surface area contributed by atoms with Gasteiger partial charge in [-0.05, 0) is 43.2 Å². The third kappa shape index (κ3) is 6.26. The fourth-order valence-electron chi connectivity index (χ4n) is 1.19. The fraction of sp³-hybridized carbons (Fsp3) is 0.417. The van der Waals surface area contributed by atoms with Gasteiger partial charge in [-0.25, -0.2) is 4.79 Å². The number of anilines is 1. The van der Waals surface area contributed by atoms with Crippen LogP contribution in [0.2, 0.25) is 0 Å². The van der Waals surface area contributed by atoms with E-state index >= 15 is 0 Å². The summed E-state index contributed by atoms with van der Waals surface area (Å²) >= 11 is 1.75. The summed E-state index contributed by atoms with van der Waals surface area (Å²) < 4.78 is 4.61. The highest BCUT2D eigenvalue weighted by Crippen LogP contribution is 2.15. The van der Waals surface area contributed by atoms with Gasteiger partial charge in [0.05, 0.1) is 12.7 Å². The molecule has 3 radical (unpaired) electrons. The Labute approximate surface area is 110 Å². The molecule has 0 unspecified atom stereocenters. The fourth-order valence-corrected chi connectivity index (χ4v) is 1.19. The van der Waals surface area contributed by atoms with E-state index in [9.17, 15) is 4.79 Å². The van der Waals surface area contributed by atoms with E-state index < -0.39 is 0 Å². The van der Waals surface area contributed by atoms with Gasteiger partial charge >= 0.3 is 5.97 Å². The summed E-state index contributed by atoms with van der Waals surface area (Å²) in [6.07, 6.45) is 4.08. The number of thioether (sulfide) groups is 1. The van der Waals surface area contributed by atoms with Crippen molar-refractivity contribution < 1.29 is 9.53 Å². The van der Waals surface area contributed by atoms with Crippen LogP contribution >= 0.6 is 11.8 Å². The molecule has 0 aromatic heterocycles. The largest absolute Gasteiger partial charge is 0.465 e. The van der Waals surface area contributed by atoms with Crippen LogP contribution in [0.1, 0.15) is 15.9 Å². The molecule has 1 N–H and O–H groups in total. The summed E-state index contributed by atoms with van der Waals surface area (Å²) in [5, 5.41) is 3.03. The summed E-state index contributed by atoms with van der Waals surface area (Å²) in [5.41, 5.74) is 2.64. The number of hydrogen-bond donors (Lipinski definition) is 1. The molecule has 0 atom stereocenters. The average Bonchev–Trinajstić information content (AvgIpc) is 2.29. The molecule has 1 aromatic carbocycles. The van der Waals surface area contributed by atoms with E-state index in [1.165, 1.54) is 7.11 Å². The second kappa shape index (κ2) is 10.1. The Morgan fingerprint density at radius 2 is 1.88 bits per heavy atom. The Balaban J connectivity index is 0. The summed E-state index contributed by atoms with van der Waals surface area (Å²) in [7, 11) is 3.23. The van der Waals surface area contributed by atoms with Gasteiger partial charge in [0.15, 0.2) is 0 Å². The SMILES string of the molecule is CNc1ccc(C(=O)OC)cc1C.CSC.[B]. The van der Waals surface area contributed by atoms with E-state index in [4.69, 9.17) is 0 Å². The first-order valence-electron chi connectivity index (χ1n) is 4.87. The third-order valence-electron chi connectivity index (χ3n) is 1.92. The van der Waals surface area contributed by atoms with Gasteiger partial charge in [-0.3, -0.25) is 0 Å². The van der Waals surface area contributed by atoms with Crippen molar-refractivity contribution >= 4 is 31.8 Å². The standard InChI is InChI=1S/C10H13NO2.C2H6S.B/c1-7-6-8(10(12)13-3)4-5-9(7)11-2;1-3-2;/h4-6,11H,1-3H3;1-2H3;. The molecule has 0 bridgehead atoms. The Morgan fingerprint density at radius 1 is 1.35 bits per heavy atom. The number of nitrogens with one attached hydrogen (secondary N) is 1. The maximum Gasteiger partial charge on any atom is 0.337 e. The molecular formula is C12H19BNO2S. The number of esters is 1. The lowest BCUT2D eigenvalue weighted by Crippen LogP contribution is -2.02. The van der Waals surface area contributed by atoms with Crippen molar-refractivity contribution in [2.24, 2.45) is 0 Å². The molecule has 0 aliphatic carbocycles. The van der Waals surface area contributed by atoms with Crippen molar-refractivity contribution in [3.63, 3.8) is 0 Å². The highest BCUT2D eigenvalue weighted by Gasteiger charge is 2.05. The second-order valence-corrected chi connectivity index (χ2v) is 4.00. The van der Waals surface area contributed by atoms with Gasteiger partial charge in [0.1, 0.15) is 0 Å². The molecule has 0 spiro atoms. The Hall–Kier alpha value is -1.10. The van der Waals surface area contributed by atoms with Crippen LogP contribution in [0, 0.1) is 6.92 Å². The Bertz CT molecular complexity index is 345. The molecule has 0 saturated carbocycles. The van der Waals surface area contributed by atoms with Crippen LogP contribution < -0.4 is 5.32 Å². The monoisotopic (exact) mass is 252 g/mol. The second-order valence-electron chi connectivity index (χ2n) is 3.18. The molecule has 1 rings (SSSR count). The molecule has 5 heteroatoms. The van der Waals surface area contributed by atoms with Gasteiger partial charge in [0.25, 0.3) is 0 Å². The van der Waals surface area contributed by atoms with Gasteiger partial charge in [0.2, 0.25) is 0 Å².